The molecule has 0 unspecified atom stereocenters. The number of halogens is 1. The van der Waals surface area contributed by atoms with Gasteiger partial charge in [-0.3, -0.25) is 0 Å². The van der Waals surface area contributed by atoms with E-state index in [1.54, 1.807) is 0 Å². The molecular formula is C12H15BrO2. The summed E-state index contributed by atoms with van der Waals surface area (Å²) in [6.45, 7) is 1.64. The predicted molar refractivity (Wildman–Crippen MR) is 63.5 cm³/mol. The maximum atomic E-state index is 5.90. The van der Waals surface area contributed by atoms with E-state index in [1.807, 2.05) is 12.1 Å². The Kier molecular flexibility index (Phi) is 4.03. The lowest BCUT2D eigenvalue weighted by Gasteiger charge is -2.23. The number of ether oxygens (including phenoxy) is 2. The maximum absolute atomic E-state index is 5.90. The van der Waals surface area contributed by atoms with Crippen LogP contribution in [-0.4, -0.2) is 19.3 Å². The van der Waals surface area contributed by atoms with Crippen LogP contribution in [0, 0.1) is 0 Å². The first-order chi connectivity index (χ1) is 7.38. The molecule has 1 saturated heterocycles. The summed E-state index contributed by atoms with van der Waals surface area (Å²) in [7, 11) is 0. The zero-order valence-corrected chi connectivity index (χ0v) is 10.2. The van der Waals surface area contributed by atoms with Crippen LogP contribution in [0.1, 0.15) is 18.4 Å². The Bertz CT molecular complexity index is 308. The van der Waals surface area contributed by atoms with Gasteiger partial charge in [-0.05, 0) is 17.7 Å². The van der Waals surface area contributed by atoms with Gasteiger partial charge in [0.2, 0.25) is 0 Å². The van der Waals surface area contributed by atoms with Gasteiger partial charge in [0, 0.05) is 18.2 Å². The fraction of sp³-hybridized carbons (Fsp3) is 0.500. The van der Waals surface area contributed by atoms with E-state index in [1.165, 1.54) is 5.56 Å². The molecular weight excluding hydrogens is 256 g/mol. The largest absolute Gasteiger partial charge is 0.490 e. The molecule has 1 fully saturated rings. The third-order valence-electron chi connectivity index (χ3n) is 2.52. The van der Waals surface area contributed by atoms with Gasteiger partial charge in [0.05, 0.1) is 13.2 Å². The predicted octanol–water partition coefficient (Wildman–Crippen LogP) is 3.14. The van der Waals surface area contributed by atoms with Crippen molar-refractivity contribution >= 4 is 15.9 Å². The van der Waals surface area contributed by atoms with E-state index < -0.39 is 0 Å². The molecule has 0 spiro atoms. The summed E-state index contributed by atoms with van der Waals surface area (Å²) in [5.74, 6) is 0.971. The van der Waals surface area contributed by atoms with Gasteiger partial charge in [-0.2, -0.15) is 0 Å². The third kappa shape index (κ3) is 3.21. The smallest absolute Gasteiger partial charge is 0.120 e. The van der Waals surface area contributed by atoms with Gasteiger partial charge in [0.25, 0.3) is 0 Å². The Hall–Kier alpha value is -0.540. The summed E-state index contributed by atoms with van der Waals surface area (Å²) < 4.78 is 11.2. The summed E-state index contributed by atoms with van der Waals surface area (Å²) in [5, 5.41) is 0.873. The molecule has 1 heterocycles. The van der Waals surface area contributed by atoms with E-state index in [9.17, 15) is 0 Å². The van der Waals surface area contributed by atoms with Gasteiger partial charge in [-0.1, -0.05) is 28.1 Å². The fourth-order valence-corrected chi connectivity index (χ4v) is 2.04. The van der Waals surface area contributed by atoms with Crippen molar-refractivity contribution in [2.45, 2.75) is 24.3 Å². The second-order valence-electron chi connectivity index (χ2n) is 3.71. The van der Waals surface area contributed by atoms with Gasteiger partial charge >= 0.3 is 0 Å². The molecule has 2 nitrogen and oxygen atoms in total. The van der Waals surface area contributed by atoms with Gasteiger partial charge in [0.1, 0.15) is 11.9 Å². The minimum absolute atomic E-state index is 0.323. The zero-order valence-electron chi connectivity index (χ0n) is 8.62. The van der Waals surface area contributed by atoms with Gasteiger partial charge < -0.3 is 9.47 Å². The fourth-order valence-electron chi connectivity index (χ4n) is 1.69. The van der Waals surface area contributed by atoms with Crippen LogP contribution in [0.3, 0.4) is 0 Å². The van der Waals surface area contributed by atoms with Crippen LogP contribution >= 0.6 is 15.9 Å². The van der Waals surface area contributed by atoms with E-state index in [-0.39, 0.29) is 0 Å². The third-order valence-corrected chi connectivity index (χ3v) is 3.17. The Morgan fingerprint density at radius 2 is 2.13 bits per heavy atom. The van der Waals surface area contributed by atoms with Crippen molar-refractivity contribution in [3.63, 3.8) is 0 Å². The molecule has 0 N–H and O–H groups in total. The van der Waals surface area contributed by atoms with E-state index in [4.69, 9.17) is 9.47 Å². The molecule has 15 heavy (non-hydrogen) atoms. The molecule has 2 rings (SSSR count). The van der Waals surface area contributed by atoms with Crippen LogP contribution < -0.4 is 4.74 Å². The molecule has 0 saturated carbocycles. The van der Waals surface area contributed by atoms with Crippen LogP contribution in [-0.2, 0) is 10.1 Å². The highest BCUT2D eigenvalue weighted by molar-refractivity contribution is 9.08. The van der Waals surface area contributed by atoms with Gasteiger partial charge in [-0.15, -0.1) is 0 Å². The van der Waals surface area contributed by atoms with Crippen LogP contribution in [0.4, 0.5) is 0 Å². The monoisotopic (exact) mass is 270 g/mol. The summed E-state index contributed by atoms with van der Waals surface area (Å²) >= 11 is 3.44. The van der Waals surface area contributed by atoms with Crippen LogP contribution in [0.15, 0.2) is 24.3 Å². The Balaban J connectivity index is 1.96. The molecule has 1 aromatic rings. The first-order valence-corrected chi connectivity index (χ1v) is 6.40. The standard InChI is InChI=1S/C12H15BrO2/c13-9-10-2-1-3-12(8-10)15-11-4-6-14-7-5-11/h1-3,8,11H,4-7,9H2. The topological polar surface area (TPSA) is 18.5 Å². The lowest BCUT2D eigenvalue weighted by Crippen LogP contribution is -2.25. The quantitative estimate of drug-likeness (QED) is 0.786. The van der Waals surface area contributed by atoms with Crippen LogP contribution in [0.2, 0.25) is 0 Å². The molecule has 82 valence electrons. The molecule has 1 aliphatic heterocycles. The number of hydrogen-bond acceptors (Lipinski definition) is 2. The summed E-state index contributed by atoms with van der Waals surface area (Å²) in [4.78, 5) is 0. The average molecular weight is 271 g/mol. The van der Waals surface area contributed by atoms with Crippen LogP contribution in [0.25, 0.3) is 0 Å². The van der Waals surface area contributed by atoms with Crippen LogP contribution in [0.5, 0.6) is 5.75 Å². The van der Waals surface area contributed by atoms with Crippen molar-refractivity contribution < 1.29 is 9.47 Å². The second kappa shape index (κ2) is 5.52. The number of benzene rings is 1. The first-order valence-electron chi connectivity index (χ1n) is 5.28. The summed E-state index contributed by atoms with van der Waals surface area (Å²) in [5.41, 5.74) is 1.25. The van der Waals surface area contributed by atoms with Gasteiger partial charge in [-0.25, -0.2) is 0 Å². The van der Waals surface area contributed by atoms with Crippen molar-refractivity contribution in [1.29, 1.82) is 0 Å². The minimum atomic E-state index is 0.323. The van der Waals surface area contributed by atoms with E-state index >= 15 is 0 Å². The molecule has 0 amide bonds. The molecule has 0 radical (unpaired) electrons. The normalized spacial score (nSPS) is 17.7. The minimum Gasteiger partial charge on any atom is -0.490 e. The highest BCUT2D eigenvalue weighted by Crippen LogP contribution is 2.20. The first kappa shape index (κ1) is 11.0. The number of hydrogen-bond donors (Lipinski definition) is 0. The molecule has 1 aromatic carbocycles. The molecule has 0 atom stereocenters. The highest BCUT2D eigenvalue weighted by atomic mass is 79.9. The number of rotatable bonds is 3. The average Bonchev–Trinajstić information content (AvgIpc) is 2.31. The zero-order chi connectivity index (χ0) is 10.5. The highest BCUT2D eigenvalue weighted by Gasteiger charge is 2.14. The molecule has 3 heteroatoms. The van der Waals surface area contributed by atoms with Crippen molar-refractivity contribution in [2.75, 3.05) is 13.2 Å². The summed E-state index contributed by atoms with van der Waals surface area (Å²) in [6.07, 6.45) is 2.32. The van der Waals surface area contributed by atoms with Crippen molar-refractivity contribution in [2.24, 2.45) is 0 Å². The number of alkyl halides is 1. The molecule has 0 aliphatic carbocycles. The lowest BCUT2D eigenvalue weighted by molar-refractivity contribution is 0.0255. The summed E-state index contributed by atoms with van der Waals surface area (Å²) in [6, 6.07) is 8.22. The van der Waals surface area contributed by atoms with Crippen molar-refractivity contribution in [3.05, 3.63) is 29.8 Å². The molecule has 0 bridgehead atoms. The Morgan fingerprint density at radius 1 is 1.33 bits per heavy atom. The SMILES string of the molecule is BrCc1cccc(OC2CCOCC2)c1. The van der Waals surface area contributed by atoms with E-state index in [0.29, 0.717) is 6.10 Å². The van der Waals surface area contributed by atoms with Gasteiger partial charge in [0.15, 0.2) is 0 Å². The second-order valence-corrected chi connectivity index (χ2v) is 4.27. The Morgan fingerprint density at radius 3 is 2.87 bits per heavy atom. The molecule has 1 aliphatic rings. The van der Waals surface area contributed by atoms with E-state index in [0.717, 1.165) is 37.1 Å². The van der Waals surface area contributed by atoms with E-state index in [2.05, 4.69) is 28.1 Å². The maximum Gasteiger partial charge on any atom is 0.120 e. The Labute approximate surface area is 98.7 Å². The lowest BCUT2D eigenvalue weighted by atomic mass is 10.1. The molecule has 0 aromatic heterocycles. The van der Waals surface area contributed by atoms with Crippen molar-refractivity contribution in [3.8, 4) is 5.75 Å². The van der Waals surface area contributed by atoms with Crippen molar-refractivity contribution in [1.82, 2.24) is 0 Å².